The third-order valence-corrected chi connectivity index (χ3v) is 1.90. The van der Waals surface area contributed by atoms with Crippen molar-refractivity contribution in [3.63, 3.8) is 0 Å². The van der Waals surface area contributed by atoms with Crippen LogP contribution in [0.3, 0.4) is 0 Å². The average molecular weight is 154 g/mol. The molecule has 0 aliphatic rings. The van der Waals surface area contributed by atoms with E-state index in [0.29, 0.717) is 0 Å². The highest BCUT2D eigenvalue weighted by Gasteiger charge is 1.93. The van der Waals surface area contributed by atoms with Crippen LogP contribution in [0.2, 0.25) is 0 Å². The summed E-state index contributed by atoms with van der Waals surface area (Å²) in [6, 6.07) is 3.94. The van der Waals surface area contributed by atoms with Crippen molar-refractivity contribution in [1.82, 2.24) is 0 Å². The Morgan fingerprint density at radius 1 is 1.50 bits per heavy atom. The van der Waals surface area contributed by atoms with Crippen LogP contribution in [-0.4, -0.2) is 0 Å². The van der Waals surface area contributed by atoms with E-state index >= 15 is 0 Å². The molecule has 1 heterocycles. The van der Waals surface area contributed by atoms with Crippen molar-refractivity contribution >= 4 is 11.8 Å². The van der Waals surface area contributed by atoms with Crippen molar-refractivity contribution < 1.29 is 4.42 Å². The average Bonchev–Trinajstić information content (AvgIpc) is 2.31. The Morgan fingerprint density at radius 3 is 2.80 bits per heavy atom. The van der Waals surface area contributed by atoms with Gasteiger partial charge in [0.25, 0.3) is 0 Å². The van der Waals surface area contributed by atoms with Crippen molar-refractivity contribution in [1.29, 1.82) is 0 Å². The monoisotopic (exact) mass is 154 g/mol. The van der Waals surface area contributed by atoms with E-state index in [0.717, 1.165) is 10.9 Å². The second-order valence-corrected chi connectivity index (χ2v) is 2.86. The second-order valence-electron chi connectivity index (χ2n) is 1.95. The summed E-state index contributed by atoms with van der Waals surface area (Å²) in [5.74, 6) is 0.965. The van der Waals surface area contributed by atoms with Gasteiger partial charge in [-0.05, 0) is 31.4 Å². The SMILES string of the molecule is C/C=C/Sc1ccc(C)o1. The largest absolute Gasteiger partial charge is 0.455 e. The number of allylic oxidation sites excluding steroid dienone is 1. The van der Waals surface area contributed by atoms with Crippen molar-refractivity contribution in [2.75, 3.05) is 0 Å². The van der Waals surface area contributed by atoms with E-state index in [2.05, 4.69) is 0 Å². The molecule has 1 aromatic rings. The maximum absolute atomic E-state index is 5.30. The highest BCUT2D eigenvalue weighted by atomic mass is 32.2. The summed E-state index contributed by atoms with van der Waals surface area (Å²) < 4.78 is 5.30. The van der Waals surface area contributed by atoms with E-state index in [1.165, 1.54) is 0 Å². The molecule has 54 valence electrons. The fraction of sp³-hybridized carbons (Fsp3) is 0.250. The number of thioether (sulfide) groups is 1. The van der Waals surface area contributed by atoms with Crippen molar-refractivity contribution in [3.8, 4) is 0 Å². The predicted molar refractivity (Wildman–Crippen MR) is 44.1 cm³/mol. The fourth-order valence-corrected chi connectivity index (χ4v) is 1.21. The normalized spacial score (nSPS) is 11.0. The first-order chi connectivity index (χ1) is 4.83. The van der Waals surface area contributed by atoms with Crippen LogP contribution in [0.15, 0.2) is 33.1 Å². The lowest BCUT2D eigenvalue weighted by molar-refractivity contribution is 0.449. The van der Waals surface area contributed by atoms with E-state index in [9.17, 15) is 0 Å². The summed E-state index contributed by atoms with van der Waals surface area (Å²) >= 11 is 1.59. The molecular formula is C8H10OS. The molecule has 1 rings (SSSR count). The molecule has 0 fully saturated rings. The number of rotatable bonds is 2. The lowest BCUT2D eigenvalue weighted by Gasteiger charge is -1.85. The molecule has 0 aliphatic heterocycles. The topological polar surface area (TPSA) is 13.1 Å². The summed E-state index contributed by atoms with van der Waals surface area (Å²) in [6.07, 6.45) is 1.99. The van der Waals surface area contributed by atoms with Crippen LogP contribution in [-0.2, 0) is 0 Å². The van der Waals surface area contributed by atoms with E-state index in [4.69, 9.17) is 4.42 Å². The van der Waals surface area contributed by atoms with Gasteiger partial charge in [0.15, 0.2) is 5.09 Å². The van der Waals surface area contributed by atoms with Gasteiger partial charge in [-0.3, -0.25) is 0 Å². The molecule has 0 N–H and O–H groups in total. The van der Waals surface area contributed by atoms with Crippen molar-refractivity contribution in [3.05, 3.63) is 29.4 Å². The quantitative estimate of drug-likeness (QED) is 0.607. The Labute approximate surface area is 65.1 Å². The Morgan fingerprint density at radius 2 is 2.30 bits per heavy atom. The van der Waals surface area contributed by atoms with Gasteiger partial charge in [-0.25, -0.2) is 0 Å². The van der Waals surface area contributed by atoms with Crippen molar-refractivity contribution in [2.24, 2.45) is 0 Å². The van der Waals surface area contributed by atoms with E-state index in [1.807, 2.05) is 37.5 Å². The number of aryl methyl sites for hydroxylation is 1. The Kier molecular flexibility index (Phi) is 2.63. The Balaban J connectivity index is 2.58. The molecule has 0 spiro atoms. The summed E-state index contributed by atoms with van der Waals surface area (Å²) in [7, 11) is 0. The molecule has 0 unspecified atom stereocenters. The van der Waals surface area contributed by atoms with Gasteiger partial charge in [-0.1, -0.05) is 17.8 Å². The molecule has 1 aromatic heterocycles. The van der Waals surface area contributed by atoms with E-state index in [-0.39, 0.29) is 0 Å². The smallest absolute Gasteiger partial charge is 0.164 e. The zero-order chi connectivity index (χ0) is 7.40. The molecule has 0 aliphatic carbocycles. The van der Waals surface area contributed by atoms with E-state index < -0.39 is 0 Å². The van der Waals surface area contributed by atoms with Gasteiger partial charge in [0, 0.05) is 0 Å². The van der Waals surface area contributed by atoms with Gasteiger partial charge in [-0.15, -0.1) is 0 Å². The number of furan rings is 1. The van der Waals surface area contributed by atoms with E-state index in [1.54, 1.807) is 11.8 Å². The third kappa shape index (κ3) is 1.95. The Bertz CT molecular complexity index is 225. The molecule has 0 amide bonds. The molecule has 10 heavy (non-hydrogen) atoms. The summed E-state index contributed by atoms with van der Waals surface area (Å²) in [6.45, 7) is 3.93. The summed E-state index contributed by atoms with van der Waals surface area (Å²) in [5.41, 5.74) is 0. The van der Waals surface area contributed by atoms with Gasteiger partial charge in [-0.2, -0.15) is 0 Å². The van der Waals surface area contributed by atoms with Crippen molar-refractivity contribution in [2.45, 2.75) is 18.9 Å². The maximum Gasteiger partial charge on any atom is 0.164 e. The maximum atomic E-state index is 5.30. The second kappa shape index (κ2) is 3.52. The lowest BCUT2D eigenvalue weighted by atomic mass is 10.5. The molecule has 0 atom stereocenters. The predicted octanol–water partition coefficient (Wildman–Crippen LogP) is 3.21. The molecule has 0 saturated carbocycles. The van der Waals surface area contributed by atoms with Crippen LogP contribution in [0.25, 0.3) is 0 Å². The first kappa shape index (κ1) is 7.48. The minimum atomic E-state index is 0.954. The van der Waals surface area contributed by atoms with Gasteiger partial charge in [0.05, 0.1) is 0 Å². The zero-order valence-corrected chi connectivity index (χ0v) is 6.94. The van der Waals surface area contributed by atoms with Gasteiger partial charge < -0.3 is 4.42 Å². The standard InChI is InChI=1S/C8H10OS/c1-3-6-10-8-5-4-7(2)9-8/h3-6H,1-2H3/b6-3+. The third-order valence-electron chi connectivity index (χ3n) is 1.04. The highest BCUT2D eigenvalue weighted by Crippen LogP contribution is 2.20. The first-order valence-corrected chi connectivity index (χ1v) is 4.05. The van der Waals surface area contributed by atoms with Gasteiger partial charge >= 0.3 is 0 Å². The van der Waals surface area contributed by atoms with Crippen LogP contribution in [0.1, 0.15) is 12.7 Å². The molecule has 0 saturated heterocycles. The minimum absolute atomic E-state index is 0.954. The molecule has 2 heteroatoms. The van der Waals surface area contributed by atoms with Crippen LogP contribution >= 0.6 is 11.8 Å². The van der Waals surface area contributed by atoms with Crippen LogP contribution in [0.4, 0.5) is 0 Å². The van der Waals surface area contributed by atoms with Crippen LogP contribution in [0, 0.1) is 6.92 Å². The molecule has 0 bridgehead atoms. The lowest BCUT2D eigenvalue weighted by Crippen LogP contribution is -1.55. The molecule has 0 aromatic carbocycles. The van der Waals surface area contributed by atoms with Gasteiger partial charge in [0.1, 0.15) is 5.76 Å². The number of hydrogen-bond acceptors (Lipinski definition) is 2. The fourth-order valence-electron chi connectivity index (χ4n) is 0.611. The Hall–Kier alpha value is -0.630. The highest BCUT2D eigenvalue weighted by molar-refractivity contribution is 8.02. The summed E-state index contributed by atoms with van der Waals surface area (Å²) in [5, 5.41) is 2.95. The summed E-state index contributed by atoms with van der Waals surface area (Å²) in [4.78, 5) is 0. The van der Waals surface area contributed by atoms with Gasteiger partial charge in [0.2, 0.25) is 0 Å². The number of hydrogen-bond donors (Lipinski definition) is 0. The molecule has 0 radical (unpaired) electrons. The molecule has 1 nitrogen and oxygen atoms in total. The zero-order valence-electron chi connectivity index (χ0n) is 6.13. The minimum Gasteiger partial charge on any atom is -0.455 e. The molecular weight excluding hydrogens is 144 g/mol. The van der Waals surface area contributed by atoms with Crippen LogP contribution < -0.4 is 0 Å². The first-order valence-electron chi connectivity index (χ1n) is 3.17. The van der Waals surface area contributed by atoms with Crippen LogP contribution in [0.5, 0.6) is 0 Å².